The molecule has 1 aromatic heterocycles. The smallest absolute Gasteiger partial charge is 0.256 e. The first-order chi connectivity index (χ1) is 11.6. The Bertz CT molecular complexity index is 573. The molecule has 2 saturated heterocycles. The van der Waals surface area contributed by atoms with Gasteiger partial charge in [-0.1, -0.05) is 12.8 Å². The molecular formula is C17H25N5O2. The molecule has 7 nitrogen and oxygen atoms in total. The van der Waals surface area contributed by atoms with E-state index in [9.17, 15) is 9.59 Å². The summed E-state index contributed by atoms with van der Waals surface area (Å²) in [5, 5.41) is 0. The van der Waals surface area contributed by atoms with Crippen molar-refractivity contribution in [1.29, 1.82) is 0 Å². The highest BCUT2D eigenvalue weighted by Crippen LogP contribution is 2.15. The summed E-state index contributed by atoms with van der Waals surface area (Å²) in [5.41, 5.74) is 0.558. The predicted molar refractivity (Wildman–Crippen MR) is 90.9 cm³/mol. The van der Waals surface area contributed by atoms with Gasteiger partial charge in [-0.05, 0) is 12.8 Å². The molecule has 2 fully saturated rings. The molecule has 0 bridgehead atoms. The van der Waals surface area contributed by atoms with Crippen LogP contribution in [-0.4, -0.2) is 70.9 Å². The number of aromatic nitrogens is 2. The largest absolute Gasteiger partial charge is 0.339 e. The lowest BCUT2D eigenvalue weighted by Crippen LogP contribution is -2.48. The topological polar surface area (TPSA) is 69.6 Å². The molecule has 0 atom stereocenters. The number of piperazine rings is 1. The first-order valence-corrected chi connectivity index (χ1v) is 8.77. The molecule has 0 N–H and O–H groups in total. The van der Waals surface area contributed by atoms with Gasteiger partial charge < -0.3 is 14.7 Å². The van der Waals surface area contributed by atoms with Crippen LogP contribution in [0.1, 0.15) is 43.0 Å². The van der Waals surface area contributed by atoms with Crippen molar-refractivity contribution in [2.75, 3.05) is 44.2 Å². The fraction of sp³-hybridized carbons (Fsp3) is 0.647. The SMILES string of the molecule is CC(=O)N1CCN(c2ncc(C(=O)N3CCCCCC3)cn2)CC1. The van der Waals surface area contributed by atoms with Gasteiger partial charge in [0.25, 0.3) is 5.91 Å². The highest BCUT2D eigenvalue weighted by molar-refractivity contribution is 5.93. The van der Waals surface area contributed by atoms with Crippen molar-refractivity contribution >= 4 is 17.8 Å². The maximum absolute atomic E-state index is 12.5. The molecule has 0 aromatic carbocycles. The summed E-state index contributed by atoms with van der Waals surface area (Å²) >= 11 is 0. The molecule has 1 aromatic rings. The van der Waals surface area contributed by atoms with Crippen LogP contribution in [-0.2, 0) is 4.79 Å². The van der Waals surface area contributed by atoms with Crippen molar-refractivity contribution in [2.45, 2.75) is 32.6 Å². The average Bonchev–Trinajstić information content (AvgIpc) is 2.91. The van der Waals surface area contributed by atoms with Crippen molar-refractivity contribution < 1.29 is 9.59 Å². The van der Waals surface area contributed by atoms with Gasteiger partial charge in [-0.2, -0.15) is 0 Å². The molecule has 0 spiro atoms. The van der Waals surface area contributed by atoms with Crippen molar-refractivity contribution in [1.82, 2.24) is 19.8 Å². The van der Waals surface area contributed by atoms with Gasteiger partial charge in [-0.3, -0.25) is 9.59 Å². The number of likely N-dealkylation sites (tertiary alicyclic amines) is 1. The van der Waals surface area contributed by atoms with Crippen LogP contribution in [0.5, 0.6) is 0 Å². The first-order valence-electron chi connectivity index (χ1n) is 8.77. The van der Waals surface area contributed by atoms with Crippen LogP contribution in [0.4, 0.5) is 5.95 Å². The molecule has 7 heteroatoms. The Hall–Kier alpha value is -2.18. The van der Waals surface area contributed by atoms with Crippen LogP contribution in [0.3, 0.4) is 0 Å². The number of hydrogen-bond acceptors (Lipinski definition) is 5. The Morgan fingerprint density at radius 1 is 0.833 bits per heavy atom. The van der Waals surface area contributed by atoms with E-state index in [1.807, 2.05) is 9.80 Å². The fourth-order valence-corrected chi connectivity index (χ4v) is 3.27. The van der Waals surface area contributed by atoms with E-state index in [2.05, 4.69) is 14.9 Å². The predicted octanol–water partition coefficient (Wildman–Crippen LogP) is 1.16. The van der Waals surface area contributed by atoms with Crippen molar-refractivity contribution in [3.8, 4) is 0 Å². The highest BCUT2D eigenvalue weighted by Gasteiger charge is 2.22. The lowest BCUT2D eigenvalue weighted by atomic mass is 10.2. The highest BCUT2D eigenvalue weighted by atomic mass is 16.2. The summed E-state index contributed by atoms with van der Waals surface area (Å²) in [5.74, 6) is 0.768. The van der Waals surface area contributed by atoms with Gasteiger partial charge >= 0.3 is 0 Å². The third-order valence-corrected chi connectivity index (χ3v) is 4.79. The standard InChI is InChI=1S/C17H25N5O2/c1-14(23)20-8-10-22(11-9-20)17-18-12-15(13-19-17)16(24)21-6-4-2-3-5-7-21/h12-13H,2-11H2,1H3. The summed E-state index contributed by atoms with van der Waals surface area (Å²) in [6, 6.07) is 0. The maximum atomic E-state index is 12.5. The van der Waals surface area contributed by atoms with Gasteiger partial charge in [-0.25, -0.2) is 9.97 Å². The van der Waals surface area contributed by atoms with Crippen LogP contribution in [0.15, 0.2) is 12.4 Å². The van der Waals surface area contributed by atoms with E-state index in [4.69, 9.17) is 0 Å². The number of hydrogen-bond donors (Lipinski definition) is 0. The maximum Gasteiger partial charge on any atom is 0.256 e. The molecule has 2 aliphatic heterocycles. The number of nitrogens with zero attached hydrogens (tertiary/aromatic N) is 5. The minimum Gasteiger partial charge on any atom is -0.339 e. The molecule has 24 heavy (non-hydrogen) atoms. The molecule has 0 saturated carbocycles. The van der Waals surface area contributed by atoms with E-state index in [-0.39, 0.29) is 11.8 Å². The third kappa shape index (κ3) is 3.83. The van der Waals surface area contributed by atoms with Crippen molar-refractivity contribution in [2.24, 2.45) is 0 Å². The van der Waals surface area contributed by atoms with Gasteiger partial charge in [0.05, 0.1) is 5.56 Å². The van der Waals surface area contributed by atoms with Crippen LogP contribution in [0.2, 0.25) is 0 Å². The van der Waals surface area contributed by atoms with E-state index in [1.54, 1.807) is 19.3 Å². The zero-order valence-corrected chi connectivity index (χ0v) is 14.3. The Balaban J connectivity index is 1.61. The Morgan fingerprint density at radius 2 is 1.42 bits per heavy atom. The first kappa shape index (κ1) is 16.7. The molecular weight excluding hydrogens is 306 g/mol. The summed E-state index contributed by atoms with van der Waals surface area (Å²) < 4.78 is 0. The Morgan fingerprint density at radius 3 is 1.96 bits per heavy atom. The number of carbonyl (C=O) groups excluding carboxylic acids is 2. The van der Waals surface area contributed by atoms with Crippen LogP contribution in [0.25, 0.3) is 0 Å². The summed E-state index contributed by atoms with van der Waals surface area (Å²) in [4.78, 5) is 38.5. The monoisotopic (exact) mass is 331 g/mol. The molecule has 0 aliphatic carbocycles. The zero-order valence-electron chi connectivity index (χ0n) is 14.3. The van der Waals surface area contributed by atoms with E-state index in [0.717, 1.165) is 39.0 Å². The summed E-state index contributed by atoms with van der Waals surface area (Å²) in [6.45, 7) is 6.06. The average molecular weight is 331 g/mol. The van der Waals surface area contributed by atoms with Gasteiger partial charge in [0.1, 0.15) is 0 Å². The van der Waals surface area contributed by atoms with Gasteiger partial charge in [0.2, 0.25) is 11.9 Å². The molecule has 3 rings (SSSR count). The lowest BCUT2D eigenvalue weighted by Gasteiger charge is -2.34. The number of anilines is 1. The number of amides is 2. The molecule has 0 unspecified atom stereocenters. The quantitative estimate of drug-likeness (QED) is 0.813. The van der Waals surface area contributed by atoms with E-state index < -0.39 is 0 Å². The molecule has 130 valence electrons. The summed E-state index contributed by atoms with van der Waals surface area (Å²) in [7, 11) is 0. The number of rotatable bonds is 2. The molecule has 2 amide bonds. The number of carbonyl (C=O) groups is 2. The lowest BCUT2D eigenvalue weighted by molar-refractivity contribution is -0.129. The van der Waals surface area contributed by atoms with Crippen LogP contribution >= 0.6 is 0 Å². The van der Waals surface area contributed by atoms with Gasteiger partial charge in [0.15, 0.2) is 0 Å². The molecule has 3 heterocycles. The van der Waals surface area contributed by atoms with Gasteiger partial charge in [0, 0.05) is 58.6 Å². The zero-order chi connectivity index (χ0) is 16.9. The summed E-state index contributed by atoms with van der Waals surface area (Å²) in [6.07, 6.45) is 7.81. The third-order valence-electron chi connectivity index (χ3n) is 4.79. The molecule has 0 radical (unpaired) electrons. The minimum atomic E-state index is 0.0323. The second-order valence-electron chi connectivity index (χ2n) is 6.47. The fourth-order valence-electron chi connectivity index (χ4n) is 3.27. The van der Waals surface area contributed by atoms with E-state index in [0.29, 0.717) is 24.6 Å². The van der Waals surface area contributed by atoms with Crippen molar-refractivity contribution in [3.63, 3.8) is 0 Å². The minimum absolute atomic E-state index is 0.0323. The molecule has 2 aliphatic rings. The van der Waals surface area contributed by atoms with E-state index >= 15 is 0 Å². The second kappa shape index (κ2) is 7.59. The van der Waals surface area contributed by atoms with Crippen LogP contribution in [0, 0.1) is 0 Å². The van der Waals surface area contributed by atoms with Crippen LogP contribution < -0.4 is 4.90 Å². The normalized spacial score (nSPS) is 19.1. The Labute approximate surface area is 142 Å². The second-order valence-corrected chi connectivity index (χ2v) is 6.47. The van der Waals surface area contributed by atoms with Crippen molar-refractivity contribution in [3.05, 3.63) is 18.0 Å². The van der Waals surface area contributed by atoms with E-state index in [1.165, 1.54) is 12.8 Å². The van der Waals surface area contributed by atoms with Gasteiger partial charge in [-0.15, -0.1) is 0 Å². The Kier molecular flexibility index (Phi) is 5.27.